The number of amides is 1. The number of nitrogens with zero attached hydrogens (tertiary/aromatic N) is 3. The van der Waals surface area contributed by atoms with Gasteiger partial charge in [-0.3, -0.25) is 4.79 Å². The smallest absolute Gasteiger partial charge is 0.343 e. The second kappa shape index (κ2) is 5.94. The summed E-state index contributed by atoms with van der Waals surface area (Å²) in [6.07, 6.45) is -0.238. The Balaban J connectivity index is 1.92. The Morgan fingerprint density at radius 3 is 2.44 bits per heavy atom. The molecule has 6 nitrogen and oxygen atoms in total. The summed E-state index contributed by atoms with van der Waals surface area (Å²) in [6.45, 7) is 2.88. The first kappa shape index (κ1) is 17.1. The predicted molar refractivity (Wildman–Crippen MR) is 85.0 cm³/mol. The number of hydrogen-bond donors (Lipinski definition) is 1. The van der Waals surface area contributed by atoms with Gasteiger partial charge in [0.1, 0.15) is 5.82 Å². The quantitative estimate of drug-likeness (QED) is 0.922. The molecule has 1 aliphatic heterocycles. The van der Waals surface area contributed by atoms with Gasteiger partial charge in [0.25, 0.3) is 5.91 Å². The fraction of sp³-hybridized carbons (Fsp3) is 0.353. The summed E-state index contributed by atoms with van der Waals surface area (Å²) in [5.41, 5.74) is -0.546. The lowest BCUT2D eigenvalue weighted by atomic mass is 10.1. The van der Waals surface area contributed by atoms with Gasteiger partial charge in [-0.2, -0.15) is 5.10 Å². The molecule has 2 aromatic rings. The number of benzene rings is 1. The molecule has 1 aromatic carbocycles. The standard InChI is InChI=1S/C17H17F2N3O3/c1-10-14(15(23)21-8-7-17(19,9-21)16(24)25)11(2)22(20-10)13-5-3-12(18)4-6-13/h3-6H,7-9H2,1-2H3,(H,24,25). The Bertz CT molecular complexity index is 848. The molecule has 0 aliphatic carbocycles. The third-order valence-electron chi connectivity index (χ3n) is 4.47. The number of aryl methyl sites for hydroxylation is 1. The molecule has 1 N–H and O–H groups in total. The first-order valence-electron chi connectivity index (χ1n) is 7.77. The van der Waals surface area contributed by atoms with Crippen molar-refractivity contribution in [2.75, 3.05) is 13.1 Å². The molecule has 0 bridgehead atoms. The maximum atomic E-state index is 14.2. The number of aromatic nitrogens is 2. The van der Waals surface area contributed by atoms with Gasteiger partial charge in [0.2, 0.25) is 5.67 Å². The number of aliphatic carboxylic acids is 1. The second-order valence-corrected chi connectivity index (χ2v) is 6.18. The van der Waals surface area contributed by atoms with Crippen LogP contribution in [0.2, 0.25) is 0 Å². The maximum Gasteiger partial charge on any atom is 0.343 e. The van der Waals surface area contributed by atoms with Gasteiger partial charge in [-0.1, -0.05) is 0 Å². The van der Waals surface area contributed by atoms with E-state index in [2.05, 4.69) is 5.10 Å². The second-order valence-electron chi connectivity index (χ2n) is 6.18. The van der Waals surface area contributed by atoms with Crippen molar-refractivity contribution in [2.45, 2.75) is 25.9 Å². The van der Waals surface area contributed by atoms with E-state index in [-0.39, 0.29) is 18.8 Å². The average Bonchev–Trinajstić information content (AvgIpc) is 3.10. The van der Waals surface area contributed by atoms with Crippen LogP contribution in [0.15, 0.2) is 24.3 Å². The average molecular weight is 349 g/mol. The van der Waals surface area contributed by atoms with Crippen LogP contribution in [-0.4, -0.2) is 50.4 Å². The maximum absolute atomic E-state index is 14.2. The van der Waals surface area contributed by atoms with E-state index in [1.807, 2.05) is 0 Å². The summed E-state index contributed by atoms with van der Waals surface area (Å²) >= 11 is 0. The zero-order chi connectivity index (χ0) is 18.4. The molecule has 25 heavy (non-hydrogen) atoms. The Morgan fingerprint density at radius 2 is 1.88 bits per heavy atom. The van der Waals surface area contributed by atoms with Gasteiger partial charge in [0.05, 0.1) is 29.2 Å². The van der Waals surface area contributed by atoms with Gasteiger partial charge in [0, 0.05) is 13.0 Å². The Kier molecular flexibility index (Phi) is 4.06. The van der Waals surface area contributed by atoms with Gasteiger partial charge in [0.15, 0.2) is 0 Å². The molecule has 1 amide bonds. The first-order chi connectivity index (χ1) is 11.7. The molecule has 1 fully saturated rings. The van der Waals surface area contributed by atoms with Crippen molar-refractivity contribution in [3.05, 3.63) is 47.0 Å². The summed E-state index contributed by atoms with van der Waals surface area (Å²) in [6, 6.07) is 5.65. The highest BCUT2D eigenvalue weighted by molar-refractivity contribution is 5.97. The highest BCUT2D eigenvalue weighted by Gasteiger charge is 2.47. The van der Waals surface area contributed by atoms with E-state index in [1.165, 1.54) is 33.8 Å². The minimum atomic E-state index is -2.41. The van der Waals surface area contributed by atoms with E-state index >= 15 is 0 Å². The molecule has 0 spiro atoms. The number of hydrogen-bond acceptors (Lipinski definition) is 3. The molecule has 1 saturated heterocycles. The van der Waals surface area contributed by atoms with Crippen LogP contribution in [0.5, 0.6) is 0 Å². The van der Waals surface area contributed by atoms with Crippen molar-refractivity contribution in [3.63, 3.8) is 0 Å². The van der Waals surface area contributed by atoms with Gasteiger partial charge >= 0.3 is 5.97 Å². The van der Waals surface area contributed by atoms with Crippen LogP contribution in [0, 0.1) is 19.7 Å². The molecular formula is C17H17F2N3O3. The van der Waals surface area contributed by atoms with Crippen molar-refractivity contribution < 1.29 is 23.5 Å². The van der Waals surface area contributed by atoms with E-state index in [4.69, 9.17) is 5.11 Å². The molecular weight excluding hydrogens is 332 g/mol. The van der Waals surface area contributed by atoms with E-state index in [9.17, 15) is 18.4 Å². The van der Waals surface area contributed by atoms with Crippen molar-refractivity contribution in [1.29, 1.82) is 0 Å². The summed E-state index contributed by atoms with van der Waals surface area (Å²) in [7, 11) is 0. The summed E-state index contributed by atoms with van der Waals surface area (Å²) in [5.74, 6) is -2.39. The number of carboxylic acid groups (broad SMARTS) is 1. The largest absolute Gasteiger partial charge is 0.479 e. The van der Waals surface area contributed by atoms with Crippen LogP contribution in [-0.2, 0) is 4.79 Å². The van der Waals surface area contributed by atoms with Crippen LogP contribution in [0.4, 0.5) is 8.78 Å². The zero-order valence-corrected chi connectivity index (χ0v) is 13.8. The predicted octanol–water partition coefficient (Wildman–Crippen LogP) is 2.27. The number of rotatable bonds is 3. The minimum absolute atomic E-state index is 0.0300. The highest BCUT2D eigenvalue weighted by Crippen LogP contribution is 2.29. The normalized spacial score (nSPS) is 20.1. The molecule has 2 heterocycles. The van der Waals surface area contributed by atoms with Crippen LogP contribution < -0.4 is 0 Å². The van der Waals surface area contributed by atoms with Gasteiger partial charge in [-0.25, -0.2) is 18.3 Å². The third kappa shape index (κ3) is 2.88. The molecule has 132 valence electrons. The monoisotopic (exact) mass is 349 g/mol. The van der Waals surface area contributed by atoms with Gasteiger partial charge < -0.3 is 10.0 Å². The molecule has 8 heteroatoms. The van der Waals surface area contributed by atoms with E-state index in [0.29, 0.717) is 22.6 Å². The van der Waals surface area contributed by atoms with Crippen molar-refractivity contribution >= 4 is 11.9 Å². The Labute approximate surface area is 142 Å². The van der Waals surface area contributed by atoms with E-state index < -0.39 is 24.1 Å². The number of alkyl halides is 1. The number of carbonyl (C=O) groups is 2. The van der Waals surface area contributed by atoms with Crippen LogP contribution in [0.3, 0.4) is 0 Å². The summed E-state index contributed by atoms with van der Waals surface area (Å²) in [5, 5.41) is 13.3. The molecule has 0 radical (unpaired) electrons. The fourth-order valence-electron chi connectivity index (χ4n) is 3.06. The van der Waals surface area contributed by atoms with E-state index in [1.54, 1.807) is 13.8 Å². The first-order valence-corrected chi connectivity index (χ1v) is 7.77. The van der Waals surface area contributed by atoms with Crippen molar-refractivity contribution in [2.24, 2.45) is 0 Å². The zero-order valence-electron chi connectivity index (χ0n) is 13.8. The van der Waals surface area contributed by atoms with Crippen LogP contribution >= 0.6 is 0 Å². The van der Waals surface area contributed by atoms with E-state index in [0.717, 1.165) is 0 Å². The Hall–Kier alpha value is -2.77. The van der Waals surface area contributed by atoms with Crippen molar-refractivity contribution in [3.8, 4) is 5.69 Å². The lowest BCUT2D eigenvalue weighted by Crippen LogP contribution is -2.39. The molecule has 1 atom stereocenters. The lowest BCUT2D eigenvalue weighted by Gasteiger charge is -2.18. The van der Waals surface area contributed by atoms with Crippen LogP contribution in [0.25, 0.3) is 5.69 Å². The number of halogens is 2. The van der Waals surface area contributed by atoms with Crippen LogP contribution in [0.1, 0.15) is 28.2 Å². The van der Waals surface area contributed by atoms with Crippen molar-refractivity contribution in [1.82, 2.24) is 14.7 Å². The highest BCUT2D eigenvalue weighted by atomic mass is 19.1. The molecule has 1 aromatic heterocycles. The number of carboxylic acids is 1. The lowest BCUT2D eigenvalue weighted by molar-refractivity contribution is -0.149. The molecule has 1 aliphatic rings. The molecule has 0 saturated carbocycles. The molecule has 3 rings (SSSR count). The number of carbonyl (C=O) groups excluding carboxylic acids is 1. The topological polar surface area (TPSA) is 75.4 Å². The third-order valence-corrected chi connectivity index (χ3v) is 4.47. The fourth-order valence-corrected chi connectivity index (χ4v) is 3.06. The van der Waals surface area contributed by atoms with Gasteiger partial charge in [-0.15, -0.1) is 0 Å². The summed E-state index contributed by atoms with van der Waals surface area (Å²) in [4.78, 5) is 25.0. The SMILES string of the molecule is Cc1nn(-c2ccc(F)cc2)c(C)c1C(=O)N1CCC(F)(C(=O)O)C1. The minimum Gasteiger partial charge on any atom is -0.479 e. The Morgan fingerprint density at radius 1 is 1.24 bits per heavy atom. The summed E-state index contributed by atoms with van der Waals surface area (Å²) < 4.78 is 28.8. The molecule has 1 unspecified atom stereocenters. The van der Waals surface area contributed by atoms with Gasteiger partial charge in [-0.05, 0) is 38.1 Å². The number of likely N-dealkylation sites (tertiary alicyclic amines) is 1.